The van der Waals surface area contributed by atoms with Crippen molar-refractivity contribution >= 4 is 23.1 Å². The maximum Gasteiger partial charge on any atom is 0.340 e. The Kier molecular flexibility index (Phi) is 5.71. The van der Waals surface area contributed by atoms with Crippen molar-refractivity contribution in [3.05, 3.63) is 45.9 Å². The van der Waals surface area contributed by atoms with Gasteiger partial charge in [0.1, 0.15) is 17.8 Å². The maximum atomic E-state index is 14.9. The second-order valence-corrected chi connectivity index (χ2v) is 9.37. The number of nitrogens with zero attached hydrogens (tertiary/aromatic N) is 2. The highest BCUT2D eigenvalue weighted by Crippen LogP contribution is 2.46. The first-order chi connectivity index (χ1) is 16.6. The number of Topliss-reactive ketones (excluding diaryl/α,β-unsaturated/α-hetero) is 1. The lowest BCUT2D eigenvalue weighted by molar-refractivity contribution is -0.385. The van der Waals surface area contributed by atoms with Crippen LogP contribution in [0.2, 0.25) is 0 Å². The van der Waals surface area contributed by atoms with E-state index in [1.54, 1.807) is 0 Å². The van der Waals surface area contributed by atoms with E-state index in [-0.39, 0.29) is 18.5 Å². The fraction of sp³-hybridized carbons (Fsp3) is 0.545. The number of carbonyl (C=O) groups is 2. The zero-order chi connectivity index (χ0) is 25.2. The molecular formula is C22H22F3N3O7. The van der Waals surface area contributed by atoms with Gasteiger partial charge in [0, 0.05) is 18.2 Å². The van der Waals surface area contributed by atoms with Crippen LogP contribution in [0.4, 0.5) is 24.5 Å². The van der Waals surface area contributed by atoms with Crippen LogP contribution in [0.1, 0.15) is 19.3 Å². The second kappa shape index (κ2) is 8.48. The molecule has 1 aromatic rings. The number of morpholine rings is 1. The highest BCUT2D eigenvalue weighted by molar-refractivity contribution is 6.18. The van der Waals surface area contributed by atoms with E-state index in [9.17, 15) is 43.1 Å². The first kappa shape index (κ1) is 23.5. The maximum absolute atomic E-state index is 14.9. The number of aliphatic hydroxyl groups excluding tert-OH is 1. The lowest BCUT2D eigenvalue weighted by Crippen LogP contribution is -2.71. The summed E-state index contributed by atoms with van der Waals surface area (Å²) in [6.07, 6.45) is -6.51. The van der Waals surface area contributed by atoms with Crippen LogP contribution in [-0.2, 0) is 14.3 Å². The average molecular weight is 497 g/mol. The molecule has 2 saturated carbocycles. The molecule has 0 radical (unpaired) electrons. The third kappa shape index (κ3) is 3.82. The van der Waals surface area contributed by atoms with Crippen molar-refractivity contribution in [1.82, 2.24) is 4.90 Å². The molecule has 2 aliphatic carbocycles. The van der Waals surface area contributed by atoms with Crippen LogP contribution in [0.3, 0.4) is 0 Å². The predicted molar refractivity (Wildman–Crippen MR) is 112 cm³/mol. The number of aliphatic hydroxyl groups is 1. The van der Waals surface area contributed by atoms with Crippen molar-refractivity contribution in [2.45, 2.75) is 68.0 Å². The number of carbonyl (C=O) groups excluding carboxylic acids is 1. The Hall–Kier alpha value is -3.19. The fourth-order valence-electron chi connectivity index (χ4n) is 5.79. The molecule has 13 heteroatoms. The van der Waals surface area contributed by atoms with Gasteiger partial charge in [0.05, 0.1) is 47.0 Å². The van der Waals surface area contributed by atoms with Crippen LogP contribution in [0.25, 0.3) is 0 Å². The van der Waals surface area contributed by atoms with Crippen LogP contribution in [-0.4, -0.2) is 80.6 Å². The smallest absolute Gasteiger partial charge is 0.340 e. The van der Waals surface area contributed by atoms with Gasteiger partial charge in [0.15, 0.2) is 17.8 Å². The predicted octanol–water partition coefficient (Wildman–Crippen LogP) is 1.72. The standard InChI is InChI=1S/C22H22F3N3O7/c23-11-3-8(28(33)34)1-2-13(11)26-14-5-17-15(6-16(14)29)27-7-10(22(31)32)20(30)9-4-12(24)18(25)21(35-17)19(9)27/h1-3,7,9,12,14-19,21,26,29H,4-6H2,(H,31,32). The molecule has 1 saturated heterocycles. The molecule has 0 spiro atoms. The summed E-state index contributed by atoms with van der Waals surface area (Å²) in [5.74, 6) is -4.25. The topological polar surface area (TPSA) is 142 Å². The minimum absolute atomic E-state index is 0.0144. The average Bonchev–Trinajstić information content (AvgIpc) is 2.80. The van der Waals surface area contributed by atoms with E-state index in [0.29, 0.717) is 0 Å². The van der Waals surface area contributed by atoms with Crippen molar-refractivity contribution in [2.24, 2.45) is 5.92 Å². The number of benzene rings is 1. The molecule has 0 bridgehead atoms. The van der Waals surface area contributed by atoms with Gasteiger partial charge in [-0.3, -0.25) is 14.9 Å². The Bertz CT molecular complexity index is 1120. The summed E-state index contributed by atoms with van der Waals surface area (Å²) in [4.78, 5) is 36.0. The number of ketones is 1. The number of halogens is 3. The van der Waals surface area contributed by atoms with E-state index in [0.717, 1.165) is 18.3 Å². The number of carboxylic acids is 1. The second-order valence-electron chi connectivity index (χ2n) is 9.37. The summed E-state index contributed by atoms with van der Waals surface area (Å²) in [6.45, 7) is 0. The van der Waals surface area contributed by atoms with Crippen molar-refractivity contribution in [3.63, 3.8) is 0 Å². The zero-order valence-corrected chi connectivity index (χ0v) is 18.1. The number of nitro groups is 1. The number of carboxylic acid groups (broad SMARTS) is 1. The van der Waals surface area contributed by atoms with Gasteiger partial charge in [-0.15, -0.1) is 0 Å². The van der Waals surface area contributed by atoms with Crippen LogP contribution in [0.15, 0.2) is 30.0 Å². The molecule has 0 amide bonds. The summed E-state index contributed by atoms with van der Waals surface area (Å²) in [7, 11) is 0. The molecule has 0 aromatic heterocycles. The number of hydrogen-bond donors (Lipinski definition) is 3. The summed E-state index contributed by atoms with van der Waals surface area (Å²) in [6, 6.07) is 0.681. The quantitative estimate of drug-likeness (QED) is 0.322. The Morgan fingerprint density at radius 3 is 2.66 bits per heavy atom. The molecule has 1 aromatic carbocycles. The lowest BCUT2D eigenvalue weighted by Gasteiger charge is -2.58. The third-order valence-corrected chi connectivity index (χ3v) is 7.42. The SMILES string of the molecule is O=C(O)C1=CN2C3CC(O)C(Nc4ccc([N+](=O)[O-])cc4F)CC3OC3C(F)C(F)CC(C1=O)C32. The van der Waals surface area contributed by atoms with Crippen molar-refractivity contribution < 1.29 is 42.6 Å². The summed E-state index contributed by atoms with van der Waals surface area (Å²) in [5.41, 5.74) is -1.06. The van der Waals surface area contributed by atoms with Crippen LogP contribution in [0, 0.1) is 21.8 Å². The van der Waals surface area contributed by atoms with Crippen molar-refractivity contribution in [3.8, 4) is 0 Å². The highest BCUT2D eigenvalue weighted by atomic mass is 19.2. The molecule has 2 aliphatic heterocycles. The first-order valence-corrected chi connectivity index (χ1v) is 11.2. The molecule has 10 nitrogen and oxygen atoms in total. The van der Waals surface area contributed by atoms with Gasteiger partial charge in [-0.25, -0.2) is 18.0 Å². The number of nitro benzene ring substituents is 1. The third-order valence-electron chi connectivity index (χ3n) is 7.42. The minimum atomic E-state index is -2.03. The number of non-ortho nitro benzene ring substituents is 1. The number of aliphatic carboxylic acids is 1. The van der Waals surface area contributed by atoms with E-state index in [1.165, 1.54) is 11.0 Å². The van der Waals surface area contributed by atoms with Gasteiger partial charge in [-0.1, -0.05) is 0 Å². The number of nitrogens with one attached hydrogen (secondary N) is 1. The normalized spacial score (nSPS) is 38.2. The minimum Gasteiger partial charge on any atom is -0.478 e. The number of fused-ring (bicyclic) bond motifs is 2. The highest BCUT2D eigenvalue weighted by Gasteiger charge is 2.60. The molecule has 9 atom stereocenters. The van der Waals surface area contributed by atoms with Gasteiger partial charge < -0.3 is 25.2 Å². The van der Waals surface area contributed by atoms with Crippen molar-refractivity contribution in [2.75, 3.05) is 5.32 Å². The number of alkyl halides is 2. The van der Waals surface area contributed by atoms with E-state index in [2.05, 4.69) is 5.32 Å². The zero-order valence-electron chi connectivity index (χ0n) is 18.1. The summed E-state index contributed by atoms with van der Waals surface area (Å²) >= 11 is 0. The number of rotatable bonds is 4. The molecule has 2 heterocycles. The van der Waals surface area contributed by atoms with Gasteiger partial charge >= 0.3 is 5.97 Å². The number of hydrogen-bond acceptors (Lipinski definition) is 8. The Morgan fingerprint density at radius 1 is 1.26 bits per heavy atom. The molecule has 35 heavy (non-hydrogen) atoms. The lowest BCUT2D eigenvalue weighted by atomic mass is 9.70. The molecule has 4 aliphatic rings. The summed E-state index contributed by atoms with van der Waals surface area (Å²) in [5, 5.41) is 33.9. The Morgan fingerprint density at radius 2 is 2.00 bits per heavy atom. The van der Waals surface area contributed by atoms with Gasteiger partial charge in [-0.05, 0) is 25.3 Å². The molecular weight excluding hydrogens is 475 g/mol. The molecule has 3 N–H and O–H groups in total. The molecule has 3 fully saturated rings. The van der Waals surface area contributed by atoms with E-state index in [1.807, 2.05) is 0 Å². The molecule has 9 unspecified atom stereocenters. The van der Waals surface area contributed by atoms with Crippen LogP contribution < -0.4 is 5.32 Å². The first-order valence-electron chi connectivity index (χ1n) is 11.2. The fourth-order valence-corrected chi connectivity index (χ4v) is 5.79. The monoisotopic (exact) mass is 497 g/mol. The van der Waals surface area contributed by atoms with Gasteiger partial charge in [-0.2, -0.15) is 0 Å². The summed E-state index contributed by atoms with van der Waals surface area (Å²) < 4.78 is 49.7. The molecule has 188 valence electrons. The number of anilines is 1. The van der Waals surface area contributed by atoms with E-state index >= 15 is 0 Å². The van der Waals surface area contributed by atoms with Crippen LogP contribution in [0.5, 0.6) is 0 Å². The van der Waals surface area contributed by atoms with Crippen LogP contribution >= 0.6 is 0 Å². The Labute approximate surface area is 196 Å². The van der Waals surface area contributed by atoms with E-state index in [4.69, 9.17) is 4.74 Å². The van der Waals surface area contributed by atoms with Gasteiger partial charge in [0.2, 0.25) is 0 Å². The molecule has 5 rings (SSSR count). The Balaban J connectivity index is 1.43. The number of ether oxygens (including phenoxy) is 1. The van der Waals surface area contributed by atoms with Crippen molar-refractivity contribution in [1.29, 1.82) is 0 Å². The van der Waals surface area contributed by atoms with E-state index < -0.39 is 94.9 Å². The largest absolute Gasteiger partial charge is 0.478 e. The van der Waals surface area contributed by atoms with Gasteiger partial charge in [0.25, 0.3) is 5.69 Å².